The van der Waals surface area contributed by atoms with Gasteiger partial charge in [-0.2, -0.15) is 0 Å². The minimum Gasteiger partial charge on any atom is -0.368 e. The van der Waals surface area contributed by atoms with Crippen molar-refractivity contribution >= 4 is 39.8 Å². The number of piperazine rings is 1. The molecule has 1 aliphatic rings. The van der Waals surface area contributed by atoms with Crippen molar-refractivity contribution in [2.75, 3.05) is 41.7 Å². The van der Waals surface area contributed by atoms with Crippen molar-refractivity contribution in [2.45, 2.75) is 0 Å². The van der Waals surface area contributed by atoms with Gasteiger partial charge in [0.25, 0.3) is 5.91 Å². The minimum absolute atomic E-state index is 0.0311. The maximum absolute atomic E-state index is 13.7. The number of anilines is 3. The van der Waals surface area contributed by atoms with Crippen LogP contribution in [0.5, 0.6) is 0 Å². The number of halogens is 2. The zero-order chi connectivity index (χ0) is 25.1. The van der Waals surface area contributed by atoms with Gasteiger partial charge in [-0.3, -0.25) is 4.79 Å². The number of amides is 3. The van der Waals surface area contributed by atoms with E-state index in [2.05, 4.69) is 15.5 Å². The average molecular weight is 487 g/mol. The van der Waals surface area contributed by atoms with Crippen LogP contribution in [0.15, 0.2) is 84.9 Å². The van der Waals surface area contributed by atoms with Crippen molar-refractivity contribution in [3.8, 4) is 0 Å². The van der Waals surface area contributed by atoms with E-state index in [4.69, 9.17) is 0 Å². The molecule has 2 N–H and O–H groups in total. The lowest BCUT2D eigenvalue weighted by atomic mass is 10.1. The predicted octanol–water partition coefficient (Wildman–Crippen LogP) is 5.72. The molecule has 36 heavy (non-hydrogen) atoms. The lowest BCUT2D eigenvalue weighted by Crippen LogP contribution is -2.48. The fraction of sp³-hybridized carbons (Fsp3) is 0.143. The van der Waals surface area contributed by atoms with Crippen LogP contribution in [0, 0.1) is 11.6 Å². The largest absolute Gasteiger partial charge is 0.368 e. The molecular weight excluding hydrogens is 462 g/mol. The third-order valence-corrected chi connectivity index (χ3v) is 6.23. The van der Waals surface area contributed by atoms with Crippen molar-refractivity contribution in [2.24, 2.45) is 0 Å². The van der Waals surface area contributed by atoms with Crippen LogP contribution in [0.3, 0.4) is 0 Å². The normalized spacial score (nSPS) is 13.5. The molecule has 182 valence electrons. The summed E-state index contributed by atoms with van der Waals surface area (Å²) in [5.74, 6) is -1.53. The van der Waals surface area contributed by atoms with Gasteiger partial charge < -0.3 is 20.4 Å². The molecular formula is C28H24F2N4O2. The molecule has 0 radical (unpaired) electrons. The summed E-state index contributed by atoms with van der Waals surface area (Å²) >= 11 is 0. The van der Waals surface area contributed by atoms with Crippen LogP contribution in [-0.2, 0) is 0 Å². The Bertz CT molecular complexity index is 1420. The lowest BCUT2D eigenvalue weighted by molar-refractivity contribution is 0.0747. The first-order chi connectivity index (χ1) is 17.5. The molecule has 0 aromatic heterocycles. The van der Waals surface area contributed by atoms with E-state index in [0.717, 1.165) is 28.6 Å². The Morgan fingerprint density at radius 3 is 2.17 bits per heavy atom. The summed E-state index contributed by atoms with van der Waals surface area (Å²) in [6, 6.07) is 23.4. The number of fused-ring (bicyclic) bond motifs is 1. The summed E-state index contributed by atoms with van der Waals surface area (Å²) in [5.41, 5.74) is 2.09. The van der Waals surface area contributed by atoms with E-state index in [1.165, 1.54) is 0 Å². The first kappa shape index (κ1) is 23.3. The molecule has 0 atom stereocenters. The van der Waals surface area contributed by atoms with Gasteiger partial charge in [0, 0.05) is 49.2 Å². The Balaban J connectivity index is 1.15. The first-order valence-corrected chi connectivity index (χ1v) is 11.6. The molecule has 6 nitrogen and oxygen atoms in total. The smallest absolute Gasteiger partial charge is 0.323 e. The van der Waals surface area contributed by atoms with E-state index in [1.807, 2.05) is 59.5 Å². The molecule has 1 saturated heterocycles. The SMILES string of the molecule is O=C(Nc1ccc(N2CCN(C(=O)c3ccc4ccccc4c3)CC2)cc1)Nc1ccc(F)cc1F. The molecule has 1 aliphatic heterocycles. The van der Waals surface area contributed by atoms with Crippen molar-refractivity contribution in [3.05, 3.63) is 102 Å². The van der Waals surface area contributed by atoms with Crippen LogP contribution in [0.4, 0.5) is 30.6 Å². The monoisotopic (exact) mass is 486 g/mol. The molecule has 4 aromatic rings. The number of urea groups is 1. The van der Waals surface area contributed by atoms with Gasteiger partial charge >= 0.3 is 6.03 Å². The van der Waals surface area contributed by atoms with Gasteiger partial charge in [0.1, 0.15) is 11.6 Å². The molecule has 4 aromatic carbocycles. The van der Waals surface area contributed by atoms with Crippen LogP contribution in [0.1, 0.15) is 10.4 Å². The fourth-order valence-electron chi connectivity index (χ4n) is 4.30. The molecule has 0 unspecified atom stereocenters. The van der Waals surface area contributed by atoms with Crippen molar-refractivity contribution < 1.29 is 18.4 Å². The molecule has 5 rings (SSSR count). The number of hydrogen-bond acceptors (Lipinski definition) is 3. The van der Waals surface area contributed by atoms with Gasteiger partial charge in [0.15, 0.2) is 0 Å². The van der Waals surface area contributed by atoms with Crippen molar-refractivity contribution in [1.29, 1.82) is 0 Å². The highest BCUT2D eigenvalue weighted by Crippen LogP contribution is 2.22. The lowest BCUT2D eigenvalue weighted by Gasteiger charge is -2.36. The van der Waals surface area contributed by atoms with Crippen LogP contribution in [-0.4, -0.2) is 43.0 Å². The summed E-state index contributed by atoms with van der Waals surface area (Å²) in [7, 11) is 0. The molecule has 8 heteroatoms. The molecule has 0 bridgehead atoms. The number of nitrogens with zero attached hydrogens (tertiary/aromatic N) is 2. The Morgan fingerprint density at radius 2 is 1.44 bits per heavy atom. The van der Waals surface area contributed by atoms with Crippen LogP contribution in [0.25, 0.3) is 10.8 Å². The summed E-state index contributed by atoms with van der Waals surface area (Å²) < 4.78 is 26.8. The molecule has 0 saturated carbocycles. The quantitative estimate of drug-likeness (QED) is 0.388. The third kappa shape index (κ3) is 5.12. The maximum atomic E-state index is 13.7. The zero-order valence-electron chi connectivity index (χ0n) is 19.4. The first-order valence-electron chi connectivity index (χ1n) is 11.6. The summed E-state index contributed by atoms with van der Waals surface area (Å²) in [6.07, 6.45) is 0. The molecule has 0 aliphatic carbocycles. The highest BCUT2D eigenvalue weighted by atomic mass is 19.1. The average Bonchev–Trinajstić information content (AvgIpc) is 2.90. The third-order valence-electron chi connectivity index (χ3n) is 6.23. The van der Waals surface area contributed by atoms with Gasteiger partial charge in [-0.25, -0.2) is 13.6 Å². The minimum atomic E-state index is -0.848. The molecule has 0 spiro atoms. The number of hydrogen-bond donors (Lipinski definition) is 2. The van der Waals surface area contributed by atoms with Crippen molar-refractivity contribution in [1.82, 2.24) is 4.90 Å². The van der Waals surface area contributed by atoms with Crippen LogP contribution < -0.4 is 15.5 Å². The van der Waals surface area contributed by atoms with E-state index in [9.17, 15) is 18.4 Å². The standard InChI is InChI=1S/C28H24F2N4O2/c29-22-7-12-26(25(30)18-22)32-28(36)31-23-8-10-24(11-9-23)33-13-15-34(16-14-33)27(35)21-6-5-19-3-1-2-4-20(19)17-21/h1-12,17-18H,13-16H2,(H2,31,32,36). The van der Waals surface area contributed by atoms with E-state index < -0.39 is 17.7 Å². The number of nitrogens with one attached hydrogen (secondary N) is 2. The number of carbonyl (C=O) groups is 2. The van der Waals surface area contributed by atoms with Gasteiger partial charge in [-0.15, -0.1) is 0 Å². The summed E-state index contributed by atoms with van der Waals surface area (Å²) in [6.45, 7) is 2.60. The maximum Gasteiger partial charge on any atom is 0.323 e. The Hall–Kier alpha value is -4.46. The van der Waals surface area contributed by atoms with E-state index in [-0.39, 0.29) is 11.6 Å². The van der Waals surface area contributed by atoms with Crippen LogP contribution >= 0.6 is 0 Å². The van der Waals surface area contributed by atoms with Gasteiger partial charge in [-0.1, -0.05) is 30.3 Å². The molecule has 1 fully saturated rings. The second-order valence-corrected chi connectivity index (χ2v) is 8.59. The molecule has 1 heterocycles. The predicted molar refractivity (Wildman–Crippen MR) is 138 cm³/mol. The van der Waals surface area contributed by atoms with E-state index in [1.54, 1.807) is 12.1 Å². The Labute approximate surface area is 207 Å². The summed E-state index contributed by atoms with van der Waals surface area (Å²) in [5, 5.41) is 7.15. The molecule has 3 amide bonds. The number of rotatable bonds is 4. The highest BCUT2D eigenvalue weighted by molar-refractivity contribution is 6.00. The second kappa shape index (κ2) is 10.0. The number of carbonyl (C=O) groups excluding carboxylic acids is 2. The van der Waals surface area contributed by atoms with Crippen molar-refractivity contribution in [3.63, 3.8) is 0 Å². The van der Waals surface area contributed by atoms with Gasteiger partial charge in [0.2, 0.25) is 0 Å². The van der Waals surface area contributed by atoms with E-state index in [0.29, 0.717) is 43.5 Å². The second-order valence-electron chi connectivity index (χ2n) is 8.59. The van der Waals surface area contributed by atoms with Gasteiger partial charge in [0.05, 0.1) is 5.69 Å². The Morgan fingerprint density at radius 1 is 0.722 bits per heavy atom. The van der Waals surface area contributed by atoms with Gasteiger partial charge in [-0.05, 0) is 59.3 Å². The Kier molecular flexibility index (Phi) is 6.49. The fourth-order valence-corrected chi connectivity index (χ4v) is 4.30. The zero-order valence-corrected chi connectivity index (χ0v) is 19.4. The van der Waals surface area contributed by atoms with E-state index >= 15 is 0 Å². The topological polar surface area (TPSA) is 64.7 Å². The van der Waals surface area contributed by atoms with Crippen LogP contribution in [0.2, 0.25) is 0 Å². The summed E-state index contributed by atoms with van der Waals surface area (Å²) in [4.78, 5) is 29.2. The number of benzene rings is 4. The highest BCUT2D eigenvalue weighted by Gasteiger charge is 2.22.